The van der Waals surface area contributed by atoms with E-state index in [-0.39, 0.29) is 0 Å². The highest BCUT2D eigenvalue weighted by molar-refractivity contribution is 6.42. The monoisotopic (exact) mass is 186 g/mol. The molecule has 5 heteroatoms. The lowest BCUT2D eigenvalue weighted by atomic mass is 10.2. The quantitative estimate of drug-likeness (QED) is 0.728. The molecule has 0 aliphatic heterocycles. The average Bonchev–Trinajstić information content (AvgIpc) is 2.09. The van der Waals surface area contributed by atoms with Gasteiger partial charge < -0.3 is 9.68 Å². The molecule has 12 heavy (non-hydrogen) atoms. The van der Waals surface area contributed by atoms with Crippen LogP contribution < -0.4 is 4.65 Å². The van der Waals surface area contributed by atoms with Crippen molar-refractivity contribution in [3.63, 3.8) is 0 Å². The van der Waals surface area contributed by atoms with E-state index in [1.54, 1.807) is 12.1 Å². The van der Waals surface area contributed by atoms with Gasteiger partial charge in [0.2, 0.25) is 0 Å². The van der Waals surface area contributed by atoms with E-state index in [2.05, 4.69) is 4.21 Å². The average molecular weight is 186 g/mol. The van der Waals surface area contributed by atoms with Crippen LogP contribution in [0.5, 0.6) is 5.75 Å². The highest BCUT2D eigenvalue weighted by Crippen LogP contribution is 2.16. The second-order valence-electron chi connectivity index (χ2n) is 2.28. The van der Waals surface area contributed by atoms with E-state index in [0.29, 0.717) is 5.75 Å². The molecule has 64 valence electrons. The molecule has 0 atom stereocenters. The summed E-state index contributed by atoms with van der Waals surface area (Å²) in [4.78, 5) is 0. The van der Waals surface area contributed by atoms with Crippen LogP contribution in [0.4, 0.5) is 0 Å². The number of rotatable bonds is 3. The summed E-state index contributed by atoms with van der Waals surface area (Å²) < 4.78 is 8.91. The van der Waals surface area contributed by atoms with Crippen LogP contribution in [0.25, 0.3) is 0 Å². The van der Waals surface area contributed by atoms with Crippen LogP contribution in [0, 0.1) is 6.92 Å². The Balaban J connectivity index is 2.69. The fourth-order valence-electron chi connectivity index (χ4n) is 0.815. The summed E-state index contributed by atoms with van der Waals surface area (Å²) in [5.41, 5.74) is 0.908. The molecule has 0 saturated heterocycles. The molecule has 0 spiro atoms. The molecular formula is C7H8BClO3. The molecule has 0 radical (unpaired) electrons. The number of hydrogen-bond acceptors (Lipinski definition) is 3. The second-order valence-corrected chi connectivity index (χ2v) is 2.46. The van der Waals surface area contributed by atoms with Gasteiger partial charge in [0.1, 0.15) is 5.75 Å². The second kappa shape index (κ2) is 4.35. The van der Waals surface area contributed by atoms with Crippen molar-refractivity contribution >= 4 is 19.2 Å². The summed E-state index contributed by atoms with van der Waals surface area (Å²) in [6, 6.07) is 7.24. The van der Waals surface area contributed by atoms with Crippen molar-refractivity contribution in [2.24, 2.45) is 0 Å². The van der Waals surface area contributed by atoms with E-state index in [1.807, 2.05) is 19.1 Å². The Morgan fingerprint density at radius 1 is 1.42 bits per heavy atom. The number of para-hydroxylation sites is 1. The molecule has 0 amide bonds. The molecule has 1 rings (SSSR count). The van der Waals surface area contributed by atoms with Crippen molar-refractivity contribution < 1.29 is 13.9 Å². The Morgan fingerprint density at radius 2 is 2.08 bits per heavy atom. The van der Waals surface area contributed by atoms with E-state index in [4.69, 9.17) is 21.5 Å². The maximum Gasteiger partial charge on any atom is 0.727 e. The van der Waals surface area contributed by atoms with Crippen molar-refractivity contribution in [2.45, 2.75) is 6.92 Å². The Kier molecular flexibility index (Phi) is 3.40. The summed E-state index contributed by atoms with van der Waals surface area (Å²) in [5.74, 6) is 0.547. The van der Waals surface area contributed by atoms with Gasteiger partial charge in [0.15, 0.2) is 0 Å². The summed E-state index contributed by atoms with van der Waals surface area (Å²) in [5, 5.41) is 8.86. The van der Waals surface area contributed by atoms with Crippen LogP contribution in [-0.2, 0) is 4.21 Å². The molecule has 0 bridgehead atoms. The summed E-state index contributed by atoms with van der Waals surface area (Å²) in [6.07, 6.45) is 0. The molecule has 0 aromatic heterocycles. The minimum atomic E-state index is -1.42. The van der Waals surface area contributed by atoms with E-state index < -0.39 is 7.32 Å². The fourth-order valence-corrected chi connectivity index (χ4v) is 0.852. The van der Waals surface area contributed by atoms with Crippen molar-refractivity contribution in [3.05, 3.63) is 29.8 Å². The molecule has 0 fully saturated rings. The van der Waals surface area contributed by atoms with Crippen LogP contribution in [0.3, 0.4) is 0 Å². The maximum atomic E-state index is 8.86. The van der Waals surface area contributed by atoms with Crippen molar-refractivity contribution in [2.75, 3.05) is 0 Å². The van der Waals surface area contributed by atoms with Crippen molar-refractivity contribution in [1.82, 2.24) is 0 Å². The molecule has 1 aromatic rings. The standard InChI is InChI=1S/C7H8BClO3/c1-6-4-2-3-5-7(6)11-8(10)12-9/h2-5,10H,1H3. The van der Waals surface area contributed by atoms with Crippen LogP contribution in [0.15, 0.2) is 24.3 Å². The molecule has 0 heterocycles. The zero-order valence-corrected chi connectivity index (χ0v) is 7.28. The Bertz CT molecular complexity index is 256. The fraction of sp³-hybridized carbons (Fsp3) is 0.143. The summed E-state index contributed by atoms with van der Waals surface area (Å²) in [6.45, 7) is 1.86. The minimum absolute atomic E-state index is 0.547. The lowest BCUT2D eigenvalue weighted by molar-refractivity contribution is 0.309. The van der Waals surface area contributed by atoms with Gasteiger partial charge in [-0.3, -0.25) is 4.21 Å². The first-order valence-corrected chi connectivity index (χ1v) is 3.72. The number of benzene rings is 1. The number of aryl methyl sites for hydroxylation is 1. The van der Waals surface area contributed by atoms with E-state index in [9.17, 15) is 0 Å². The first-order chi connectivity index (χ1) is 5.74. The van der Waals surface area contributed by atoms with E-state index in [0.717, 1.165) is 5.56 Å². The third-order valence-electron chi connectivity index (χ3n) is 1.40. The Labute approximate surface area is 76.2 Å². The largest absolute Gasteiger partial charge is 0.727 e. The molecule has 0 saturated carbocycles. The van der Waals surface area contributed by atoms with Gasteiger partial charge >= 0.3 is 7.32 Å². The van der Waals surface area contributed by atoms with Gasteiger partial charge in [-0.15, -0.1) is 0 Å². The zero-order chi connectivity index (χ0) is 8.97. The van der Waals surface area contributed by atoms with Crippen molar-refractivity contribution in [1.29, 1.82) is 0 Å². The van der Waals surface area contributed by atoms with Crippen LogP contribution in [0.1, 0.15) is 5.56 Å². The van der Waals surface area contributed by atoms with Gasteiger partial charge in [0, 0.05) is 11.9 Å². The van der Waals surface area contributed by atoms with Gasteiger partial charge in [-0.2, -0.15) is 0 Å². The first kappa shape index (κ1) is 9.38. The molecular weight excluding hydrogens is 178 g/mol. The smallest absolute Gasteiger partial charge is 0.511 e. The van der Waals surface area contributed by atoms with Gasteiger partial charge in [-0.05, 0) is 18.6 Å². The lowest BCUT2D eigenvalue weighted by Gasteiger charge is -2.07. The molecule has 0 unspecified atom stereocenters. The first-order valence-electron chi connectivity index (χ1n) is 3.42. The Hall–Kier alpha value is -0.705. The molecule has 0 aliphatic rings. The summed E-state index contributed by atoms with van der Waals surface area (Å²) >= 11 is 4.88. The van der Waals surface area contributed by atoms with Crippen molar-refractivity contribution in [3.8, 4) is 5.75 Å². The Morgan fingerprint density at radius 3 is 2.67 bits per heavy atom. The third-order valence-corrected chi connectivity index (χ3v) is 1.55. The van der Waals surface area contributed by atoms with E-state index in [1.165, 1.54) is 0 Å². The normalized spacial score (nSPS) is 9.58. The van der Waals surface area contributed by atoms with Gasteiger partial charge in [0.25, 0.3) is 0 Å². The zero-order valence-electron chi connectivity index (χ0n) is 6.53. The molecule has 1 aromatic carbocycles. The molecule has 1 N–H and O–H groups in total. The summed E-state index contributed by atoms with van der Waals surface area (Å²) in [7, 11) is -1.42. The molecule has 0 aliphatic carbocycles. The van der Waals surface area contributed by atoms with Crippen LogP contribution in [0.2, 0.25) is 0 Å². The van der Waals surface area contributed by atoms with Crippen LogP contribution >= 0.6 is 11.9 Å². The van der Waals surface area contributed by atoms with Gasteiger partial charge in [-0.1, -0.05) is 18.2 Å². The highest BCUT2D eigenvalue weighted by atomic mass is 35.5. The highest BCUT2D eigenvalue weighted by Gasteiger charge is 2.18. The van der Waals surface area contributed by atoms with Crippen LogP contribution in [-0.4, -0.2) is 12.3 Å². The SMILES string of the molecule is Cc1ccccc1OB(O)OCl. The third kappa shape index (κ3) is 2.41. The maximum absolute atomic E-state index is 8.86. The van der Waals surface area contributed by atoms with E-state index >= 15 is 0 Å². The topological polar surface area (TPSA) is 38.7 Å². The lowest BCUT2D eigenvalue weighted by Crippen LogP contribution is -2.22. The number of halogens is 1. The minimum Gasteiger partial charge on any atom is -0.511 e. The van der Waals surface area contributed by atoms with Gasteiger partial charge in [-0.25, -0.2) is 0 Å². The number of hydrogen-bond donors (Lipinski definition) is 1. The van der Waals surface area contributed by atoms with Gasteiger partial charge in [0.05, 0.1) is 0 Å². The predicted molar refractivity (Wildman–Crippen MR) is 46.7 cm³/mol. The predicted octanol–water partition coefficient (Wildman–Crippen LogP) is 1.52. The molecule has 3 nitrogen and oxygen atoms in total.